The van der Waals surface area contributed by atoms with E-state index in [0.29, 0.717) is 5.56 Å². The SMILES string of the molecule is N#Cc1ccc(-c2cn(-c3ccc4nc[nH]c4c3)nn2)cc1. The average molecular weight is 286 g/mol. The lowest BCUT2D eigenvalue weighted by Gasteiger charge is -1.99. The standard InChI is InChI=1S/C16H10N6/c17-8-11-1-3-12(4-2-11)16-9-22(21-20-16)13-5-6-14-15(7-13)19-10-18-14/h1-7,9-10H,(H,18,19). The normalized spacial score (nSPS) is 10.7. The van der Waals surface area contributed by atoms with E-state index in [1.807, 2.05) is 36.5 Å². The fourth-order valence-electron chi connectivity index (χ4n) is 2.30. The first-order chi connectivity index (χ1) is 10.8. The van der Waals surface area contributed by atoms with Crippen LogP contribution in [0.1, 0.15) is 5.56 Å². The van der Waals surface area contributed by atoms with Crippen molar-refractivity contribution in [2.24, 2.45) is 0 Å². The Hall–Kier alpha value is -3.46. The lowest BCUT2D eigenvalue weighted by molar-refractivity contribution is 0.804. The number of benzene rings is 2. The summed E-state index contributed by atoms with van der Waals surface area (Å²) in [4.78, 5) is 7.27. The third-order valence-corrected chi connectivity index (χ3v) is 3.47. The number of fused-ring (bicyclic) bond motifs is 1. The Morgan fingerprint density at radius 1 is 1.09 bits per heavy atom. The minimum Gasteiger partial charge on any atom is -0.345 e. The van der Waals surface area contributed by atoms with E-state index < -0.39 is 0 Å². The largest absolute Gasteiger partial charge is 0.345 e. The zero-order valence-corrected chi connectivity index (χ0v) is 11.4. The molecule has 0 aliphatic heterocycles. The number of hydrogen-bond acceptors (Lipinski definition) is 4. The van der Waals surface area contributed by atoms with Crippen molar-refractivity contribution in [3.63, 3.8) is 0 Å². The van der Waals surface area contributed by atoms with Crippen LogP contribution in [0.3, 0.4) is 0 Å². The molecule has 0 spiro atoms. The Labute approximate surface area is 125 Å². The van der Waals surface area contributed by atoms with Crippen molar-refractivity contribution in [1.29, 1.82) is 5.26 Å². The topological polar surface area (TPSA) is 83.2 Å². The highest BCUT2D eigenvalue weighted by atomic mass is 15.4. The van der Waals surface area contributed by atoms with Gasteiger partial charge in [-0.3, -0.25) is 0 Å². The summed E-state index contributed by atoms with van der Waals surface area (Å²) >= 11 is 0. The van der Waals surface area contributed by atoms with Gasteiger partial charge in [0.05, 0.1) is 40.9 Å². The van der Waals surface area contributed by atoms with E-state index in [-0.39, 0.29) is 0 Å². The van der Waals surface area contributed by atoms with E-state index in [9.17, 15) is 0 Å². The van der Waals surface area contributed by atoms with Gasteiger partial charge in [-0.2, -0.15) is 5.26 Å². The van der Waals surface area contributed by atoms with E-state index in [2.05, 4.69) is 26.3 Å². The Kier molecular flexibility index (Phi) is 2.70. The minimum atomic E-state index is 0.626. The average Bonchev–Trinajstić information content (AvgIpc) is 3.23. The van der Waals surface area contributed by atoms with E-state index in [4.69, 9.17) is 5.26 Å². The van der Waals surface area contributed by atoms with E-state index in [1.165, 1.54) is 0 Å². The molecule has 22 heavy (non-hydrogen) atoms. The highest BCUT2D eigenvalue weighted by Gasteiger charge is 2.06. The molecule has 2 aromatic carbocycles. The molecule has 2 aromatic heterocycles. The highest BCUT2D eigenvalue weighted by Crippen LogP contribution is 2.19. The number of aromatic amines is 1. The second-order valence-corrected chi connectivity index (χ2v) is 4.84. The molecule has 0 aliphatic rings. The van der Waals surface area contributed by atoms with Gasteiger partial charge in [0.25, 0.3) is 0 Å². The molecule has 0 unspecified atom stereocenters. The molecule has 0 aliphatic carbocycles. The van der Waals surface area contributed by atoms with Gasteiger partial charge < -0.3 is 4.98 Å². The van der Waals surface area contributed by atoms with Crippen LogP contribution >= 0.6 is 0 Å². The molecule has 0 radical (unpaired) electrons. The van der Waals surface area contributed by atoms with Gasteiger partial charge >= 0.3 is 0 Å². The molecule has 2 heterocycles. The molecule has 0 bridgehead atoms. The molecular weight excluding hydrogens is 276 g/mol. The maximum atomic E-state index is 8.83. The second kappa shape index (κ2) is 4.82. The second-order valence-electron chi connectivity index (χ2n) is 4.84. The summed E-state index contributed by atoms with van der Waals surface area (Å²) in [6.45, 7) is 0. The molecule has 6 nitrogen and oxygen atoms in total. The minimum absolute atomic E-state index is 0.626. The van der Waals surface area contributed by atoms with Gasteiger partial charge in [-0.25, -0.2) is 9.67 Å². The van der Waals surface area contributed by atoms with Crippen molar-refractivity contribution in [2.75, 3.05) is 0 Å². The van der Waals surface area contributed by atoms with Gasteiger partial charge in [0.2, 0.25) is 0 Å². The molecule has 0 saturated heterocycles. The van der Waals surface area contributed by atoms with Gasteiger partial charge in [-0.1, -0.05) is 17.3 Å². The first-order valence-electron chi connectivity index (χ1n) is 6.70. The smallest absolute Gasteiger partial charge is 0.113 e. The highest BCUT2D eigenvalue weighted by molar-refractivity contribution is 5.76. The van der Waals surface area contributed by atoms with Crippen LogP contribution in [-0.2, 0) is 0 Å². The summed E-state index contributed by atoms with van der Waals surface area (Å²) < 4.78 is 1.72. The van der Waals surface area contributed by atoms with Crippen LogP contribution in [0, 0.1) is 11.3 Å². The number of nitrogens with one attached hydrogen (secondary N) is 1. The van der Waals surface area contributed by atoms with E-state index in [1.54, 1.807) is 23.1 Å². The number of H-pyrrole nitrogens is 1. The number of imidazole rings is 1. The Morgan fingerprint density at radius 3 is 2.77 bits per heavy atom. The molecule has 4 aromatic rings. The van der Waals surface area contributed by atoms with Gasteiger partial charge in [-0.15, -0.1) is 5.10 Å². The van der Waals surface area contributed by atoms with Gasteiger partial charge in [0.15, 0.2) is 0 Å². The number of aromatic nitrogens is 5. The summed E-state index contributed by atoms with van der Waals surface area (Å²) in [7, 11) is 0. The predicted octanol–water partition coefficient (Wildman–Crippen LogP) is 2.68. The molecular formula is C16H10N6. The number of nitrogens with zero attached hydrogens (tertiary/aromatic N) is 5. The van der Waals surface area contributed by atoms with Crippen LogP contribution in [0.5, 0.6) is 0 Å². The third-order valence-electron chi connectivity index (χ3n) is 3.47. The van der Waals surface area contributed by atoms with Gasteiger partial charge in [0.1, 0.15) is 5.69 Å². The quantitative estimate of drug-likeness (QED) is 0.614. The Balaban J connectivity index is 1.72. The van der Waals surface area contributed by atoms with Crippen molar-refractivity contribution in [2.45, 2.75) is 0 Å². The maximum absolute atomic E-state index is 8.83. The maximum Gasteiger partial charge on any atom is 0.113 e. The summed E-state index contributed by atoms with van der Waals surface area (Å²) in [5.41, 5.74) is 5.08. The van der Waals surface area contributed by atoms with Crippen molar-refractivity contribution in [1.82, 2.24) is 25.0 Å². The predicted molar refractivity (Wildman–Crippen MR) is 81.2 cm³/mol. The van der Waals surface area contributed by atoms with Crippen LogP contribution in [0.25, 0.3) is 28.0 Å². The summed E-state index contributed by atoms with van der Waals surface area (Å²) in [6.07, 6.45) is 3.52. The fourth-order valence-corrected chi connectivity index (χ4v) is 2.30. The van der Waals surface area contributed by atoms with Crippen molar-refractivity contribution < 1.29 is 0 Å². The summed E-state index contributed by atoms with van der Waals surface area (Å²) in [5, 5.41) is 17.2. The summed E-state index contributed by atoms with van der Waals surface area (Å²) in [5.74, 6) is 0. The lowest BCUT2D eigenvalue weighted by atomic mass is 10.1. The molecule has 1 N–H and O–H groups in total. The van der Waals surface area contributed by atoms with Crippen molar-refractivity contribution in [3.05, 3.63) is 60.6 Å². The van der Waals surface area contributed by atoms with Gasteiger partial charge in [-0.05, 0) is 30.3 Å². The van der Waals surface area contributed by atoms with Crippen LogP contribution in [0.15, 0.2) is 55.0 Å². The zero-order chi connectivity index (χ0) is 14.9. The molecule has 0 saturated carbocycles. The molecule has 104 valence electrons. The summed E-state index contributed by atoms with van der Waals surface area (Å²) in [6, 6.07) is 15.2. The van der Waals surface area contributed by atoms with Crippen molar-refractivity contribution in [3.8, 4) is 23.0 Å². The zero-order valence-electron chi connectivity index (χ0n) is 11.4. The number of rotatable bonds is 2. The molecule has 0 amide bonds. The van der Waals surface area contributed by atoms with Crippen LogP contribution < -0.4 is 0 Å². The number of nitriles is 1. The first kappa shape index (κ1) is 12.3. The van der Waals surface area contributed by atoms with Crippen LogP contribution in [-0.4, -0.2) is 25.0 Å². The molecule has 0 atom stereocenters. The van der Waals surface area contributed by atoms with Gasteiger partial charge in [0, 0.05) is 5.56 Å². The number of hydrogen-bond donors (Lipinski definition) is 1. The lowest BCUT2D eigenvalue weighted by Crippen LogP contribution is -1.94. The Morgan fingerprint density at radius 2 is 1.95 bits per heavy atom. The molecule has 6 heteroatoms. The first-order valence-corrected chi connectivity index (χ1v) is 6.70. The Bertz CT molecular complexity index is 987. The molecule has 4 rings (SSSR count). The molecule has 0 fully saturated rings. The van der Waals surface area contributed by atoms with E-state index in [0.717, 1.165) is 28.0 Å². The monoisotopic (exact) mass is 286 g/mol. The van der Waals surface area contributed by atoms with Crippen LogP contribution in [0.2, 0.25) is 0 Å². The van der Waals surface area contributed by atoms with Crippen molar-refractivity contribution >= 4 is 11.0 Å². The van der Waals surface area contributed by atoms with E-state index >= 15 is 0 Å². The van der Waals surface area contributed by atoms with Crippen LogP contribution in [0.4, 0.5) is 0 Å². The fraction of sp³-hybridized carbons (Fsp3) is 0. The third kappa shape index (κ3) is 2.01.